The molecule has 0 aliphatic rings. The van der Waals surface area contributed by atoms with Crippen LogP contribution in [0.25, 0.3) is 0 Å². The van der Waals surface area contributed by atoms with Gasteiger partial charge in [0.15, 0.2) is 0 Å². The van der Waals surface area contributed by atoms with E-state index in [-0.39, 0.29) is 23.6 Å². The molecule has 0 amide bonds. The molecule has 1 rings (SSSR count). The second kappa shape index (κ2) is 5.77. The molecule has 94 valence electrons. The number of carbonyl (C=O) groups excluding carboxylic acids is 1. The summed E-state index contributed by atoms with van der Waals surface area (Å²) in [5.41, 5.74) is -0.899. The first kappa shape index (κ1) is 13.6. The Morgan fingerprint density at radius 2 is 2.29 bits per heavy atom. The lowest BCUT2D eigenvalue weighted by molar-refractivity contribution is -0.142. The Morgan fingerprint density at radius 1 is 1.65 bits per heavy atom. The SMILES string of the molecule is CCOC(=O)Cc1c(Cl)cnc(C(F)F)c1O. The molecule has 0 unspecified atom stereocenters. The number of aromatic hydroxyl groups is 1. The molecule has 0 spiro atoms. The zero-order valence-electron chi connectivity index (χ0n) is 8.91. The molecule has 0 radical (unpaired) electrons. The third-order valence-electron chi connectivity index (χ3n) is 1.97. The van der Waals surface area contributed by atoms with E-state index in [0.717, 1.165) is 6.20 Å². The molecule has 1 aromatic rings. The number of esters is 1. The molecule has 0 atom stereocenters. The lowest BCUT2D eigenvalue weighted by Gasteiger charge is -2.09. The zero-order chi connectivity index (χ0) is 13.0. The number of pyridine rings is 1. The van der Waals surface area contributed by atoms with Gasteiger partial charge in [-0.25, -0.2) is 13.8 Å². The molecule has 0 bridgehead atoms. The topological polar surface area (TPSA) is 59.4 Å². The molecule has 1 aromatic heterocycles. The van der Waals surface area contributed by atoms with Crippen LogP contribution in [0.5, 0.6) is 5.75 Å². The molecular weight excluding hydrogens is 256 g/mol. The van der Waals surface area contributed by atoms with Gasteiger partial charge in [-0.15, -0.1) is 0 Å². The van der Waals surface area contributed by atoms with Gasteiger partial charge in [0.05, 0.1) is 18.1 Å². The lowest BCUT2D eigenvalue weighted by atomic mass is 10.1. The average molecular weight is 266 g/mol. The summed E-state index contributed by atoms with van der Waals surface area (Å²) in [6, 6.07) is 0. The Bertz CT molecular complexity index is 426. The minimum Gasteiger partial charge on any atom is -0.505 e. The second-order valence-corrected chi connectivity index (χ2v) is 3.51. The minimum atomic E-state index is -2.94. The van der Waals surface area contributed by atoms with E-state index in [1.165, 1.54) is 0 Å². The van der Waals surface area contributed by atoms with Crippen LogP contribution < -0.4 is 0 Å². The third-order valence-corrected chi connectivity index (χ3v) is 2.29. The van der Waals surface area contributed by atoms with Crippen LogP contribution in [0.15, 0.2) is 6.20 Å². The van der Waals surface area contributed by atoms with Crippen LogP contribution in [0.3, 0.4) is 0 Å². The number of rotatable bonds is 4. The first-order chi connectivity index (χ1) is 7.97. The highest BCUT2D eigenvalue weighted by Gasteiger charge is 2.21. The first-order valence-corrected chi connectivity index (χ1v) is 5.15. The molecule has 0 aliphatic heterocycles. The van der Waals surface area contributed by atoms with Gasteiger partial charge in [-0.05, 0) is 6.92 Å². The summed E-state index contributed by atoms with van der Waals surface area (Å²) >= 11 is 5.68. The summed E-state index contributed by atoms with van der Waals surface area (Å²) in [6.45, 7) is 1.76. The van der Waals surface area contributed by atoms with Crippen LogP contribution in [-0.4, -0.2) is 22.7 Å². The fourth-order valence-corrected chi connectivity index (χ4v) is 1.42. The Kier molecular flexibility index (Phi) is 4.62. The van der Waals surface area contributed by atoms with Crippen molar-refractivity contribution < 1.29 is 23.4 Å². The minimum absolute atomic E-state index is 0.0556. The van der Waals surface area contributed by atoms with Crippen molar-refractivity contribution in [1.82, 2.24) is 4.98 Å². The highest BCUT2D eigenvalue weighted by molar-refractivity contribution is 6.31. The molecule has 0 saturated heterocycles. The normalized spacial score (nSPS) is 10.6. The Morgan fingerprint density at radius 3 is 2.82 bits per heavy atom. The number of aromatic nitrogens is 1. The molecule has 1 heterocycles. The fourth-order valence-electron chi connectivity index (χ4n) is 1.22. The molecule has 0 aliphatic carbocycles. The number of ether oxygens (including phenoxy) is 1. The Balaban J connectivity index is 3.05. The highest BCUT2D eigenvalue weighted by Crippen LogP contribution is 2.33. The van der Waals surface area contributed by atoms with E-state index in [1.54, 1.807) is 6.92 Å². The van der Waals surface area contributed by atoms with Crippen molar-refractivity contribution in [2.45, 2.75) is 19.8 Å². The van der Waals surface area contributed by atoms with E-state index in [9.17, 15) is 18.7 Å². The maximum Gasteiger partial charge on any atom is 0.310 e. The van der Waals surface area contributed by atoms with Gasteiger partial charge in [-0.1, -0.05) is 11.6 Å². The molecule has 0 saturated carbocycles. The lowest BCUT2D eigenvalue weighted by Crippen LogP contribution is -2.09. The van der Waals surface area contributed by atoms with Gasteiger partial charge in [-0.2, -0.15) is 0 Å². The van der Waals surface area contributed by atoms with Gasteiger partial charge in [-0.3, -0.25) is 4.79 Å². The largest absolute Gasteiger partial charge is 0.505 e. The monoisotopic (exact) mass is 265 g/mol. The predicted molar refractivity (Wildman–Crippen MR) is 56.2 cm³/mol. The van der Waals surface area contributed by atoms with Crippen molar-refractivity contribution in [2.75, 3.05) is 6.61 Å². The third kappa shape index (κ3) is 3.26. The van der Waals surface area contributed by atoms with Gasteiger partial charge in [0.2, 0.25) is 0 Å². The molecule has 0 fully saturated rings. The summed E-state index contributed by atoms with van der Waals surface area (Å²) in [5, 5.41) is 9.47. The zero-order valence-corrected chi connectivity index (χ0v) is 9.67. The predicted octanol–water partition coefficient (Wildman–Crippen LogP) is 2.48. The van der Waals surface area contributed by atoms with Crippen LogP contribution in [-0.2, 0) is 16.0 Å². The highest BCUT2D eigenvalue weighted by atomic mass is 35.5. The summed E-state index contributed by atoms with van der Waals surface area (Å²) in [7, 11) is 0. The summed E-state index contributed by atoms with van der Waals surface area (Å²) in [6.07, 6.45) is -2.34. The number of alkyl halides is 2. The van der Waals surface area contributed by atoms with Crippen LogP contribution in [0.4, 0.5) is 8.78 Å². The number of hydrogen-bond acceptors (Lipinski definition) is 4. The van der Waals surface area contributed by atoms with E-state index in [4.69, 9.17) is 11.6 Å². The van der Waals surface area contributed by atoms with E-state index in [0.29, 0.717) is 0 Å². The van der Waals surface area contributed by atoms with Crippen molar-refractivity contribution in [1.29, 1.82) is 0 Å². The second-order valence-electron chi connectivity index (χ2n) is 3.10. The molecule has 0 aromatic carbocycles. The fraction of sp³-hybridized carbons (Fsp3) is 0.400. The number of nitrogens with zero attached hydrogens (tertiary/aromatic N) is 1. The smallest absolute Gasteiger partial charge is 0.310 e. The van der Waals surface area contributed by atoms with E-state index in [2.05, 4.69) is 9.72 Å². The van der Waals surface area contributed by atoms with Crippen molar-refractivity contribution in [2.24, 2.45) is 0 Å². The Hall–Kier alpha value is -1.43. The van der Waals surface area contributed by atoms with Gasteiger partial charge < -0.3 is 9.84 Å². The van der Waals surface area contributed by atoms with Gasteiger partial charge in [0, 0.05) is 11.8 Å². The maximum atomic E-state index is 12.4. The summed E-state index contributed by atoms with van der Waals surface area (Å²) in [4.78, 5) is 14.5. The molecule has 4 nitrogen and oxygen atoms in total. The van der Waals surface area contributed by atoms with Crippen molar-refractivity contribution in [3.63, 3.8) is 0 Å². The van der Waals surface area contributed by atoms with E-state index < -0.39 is 23.8 Å². The molecule has 1 N–H and O–H groups in total. The summed E-state index contributed by atoms with van der Waals surface area (Å²) < 4.78 is 29.5. The maximum absolute atomic E-state index is 12.4. The molecule has 7 heteroatoms. The molecule has 17 heavy (non-hydrogen) atoms. The molecular formula is C10H10ClF2NO3. The van der Waals surface area contributed by atoms with Crippen LogP contribution in [0.1, 0.15) is 24.6 Å². The van der Waals surface area contributed by atoms with Gasteiger partial charge in [0.1, 0.15) is 11.4 Å². The first-order valence-electron chi connectivity index (χ1n) is 4.77. The van der Waals surface area contributed by atoms with Gasteiger partial charge >= 0.3 is 5.97 Å². The van der Waals surface area contributed by atoms with Crippen molar-refractivity contribution >= 4 is 17.6 Å². The van der Waals surface area contributed by atoms with Crippen molar-refractivity contribution in [3.8, 4) is 5.75 Å². The number of hydrogen-bond donors (Lipinski definition) is 1. The Labute approximate surface area is 101 Å². The number of carbonyl (C=O) groups is 1. The van der Waals surface area contributed by atoms with Crippen LogP contribution in [0.2, 0.25) is 5.02 Å². The average Bonchev–Trinajstić information content (AvgIpc) is 2.24. The van der Waals surface area contributed by atoms with Crippen molar-refractivity contribution in [3.05, 3.63) is 22.5 Å². The van der Waals surface area contributed by atoms with E-state index >= 15 is 0 Å². The van der Waals surface area contributed by atoms with Crippen LogP contribution in [0, 0.1) is 0 Å². The quantitative estimate of drug-likeness (QED) is 0.850. The van der Waals surface area contributed by atoms with Gasteiger partial charge in [0.25, 0.3) is 6.43 Å². The summed E-state index contributed by atoms with van der Waals surface area (Å²) in [5.74, 6) is -1.42. The number of halogens is 3. The standard InChI is InChI=1S/C10H10ClF2NO3/c1-2-17-7(15)3-5-6(11)4-14-8(9(5)16)10(12)13/h4,10,16H,2-3H2,1H3. The van der Waals surface area contributed by atoms with Crippen LogP contribution >= 0.6 is 11.6 Å². The van der Waals surface area contributed by atoms with E-state index in [1.807, 2.05) is 0 Å².